The summed E-state index contributed by atoms with van der Waals surface area (Å²) in [4.78, 5) is 12.3. The van der Waals surface area contributed by atoms with Gasteiger partial charge in [-0.25, -0.2) is 4.79 Å². The van der Waals surface area contributed by atoms with Gasteiger partial charge in [-0.2, -0.15) is 11.3 Å². The molecule has 2 aliphatic heterocycles. The molecule has 166 valence electrons. The Morgan fingerprint density at radius 1 is 1.28 bits per heavy atom. The van der Waals surface area contributed by atoms with Crippen molar-refractivity contribution in [3.05, 3.63) is 64.4 Å². The minimum Gasteiger partial charge on any atom is -0.490 e. The molecule has 0 aliphatic carbocycles. The van der Waals surface area contributed by atoms with E-state index in [2.05, 4.69) is 30.5 Å². The van der Waals surface area contributed by atoms with Crippen molar-refractivity contribution in [3.63, 3.8) is 0 Å². The van der Waals surface area contributed by atoms with Crippen molar-refractivity contribution < 1.29 is 23.7 Å². The Labute approximate surface area is 191 Å². The molecule has 0 N–H and O–H groups in total. The van der Waals surface area contributed by atoms with E-state index in [9.17, 15) is 4.79 Å². The summed E-state index contributed by atoms with van der Waals surface area (Å²) in [5, 5.41) is 6.22. The van der Waals surface area contributed by atoms with E-state index in [4.69, 9.17) is 18.9 Å². The number of hydrogen-bond donors (Lipinski definition) is 0. The Balaban J connectivity index is 1.40. The number of carbonyl (C=O) groups is 1. The maximum absolute atomic E-state index is 12.3. The van der Waals surface area contributed by atoms with Crippen LogP contribution in [0.1, 0.15) is 35.7 Å². The van der Waals surface area contributed by atoms with E-state index in [0.717, 1.165) is 46.1 Å². The molecule has 1 saturated heterocycles. The number of ether oxygens (including phenoxy) is 4. The highest BCUT2D eigenvalue weighted by Gasteiger charge is 2.33. The van der Waals surface area contributed by atoms with E-state index in [1.807, 2.05) is 29.7 Å². The Kier molecular flexibility index (Phi) is 5.76. The summed E-state index contributed by atoms with van der Waals surface area (Å²) in [6.45, 7) is 3.53. The maximum Gasteiger partial charge on any atom is 0.338 e. The zero-order valence-electron chi connectivity index (χ0n) is 18.3. The van der Waals surface area contributed by atoms with Crippen molar-refractivity contribution in [2.24, 2.45) is 0 Å². The van der Waals surface area contributed by atoms with Crippen molar-refractivity contribution in [1.29, 1.82) is 0 Å². The lowest BCUT2D eigenvalue weighted by atomic mass is 9.90. The Bertz CT molecular complexity index is 1170. The number of hydrogen-bond acceptors (Lipinski definition) is 6. The smallest absolute Gasteiger partial charge is 0.338 e. The van der Waals surface area contributed by atoms with Gasteiger partial charge >= 0.3 is 5.97 Å². The first-order valence-electron chi connectivity index (χ1n) is 10.9. The SMILES string of the molecule is COC1(C=CCOc2ccc3c(-c4ccsc4)c4c(cc3c2)C(=O)OC4)CCOC(C)C1. The predicted octanol–water partition coefficient (Wildman–Crippen LogP) is 5.76. The van der Waals surface area contributed by atoms with Crippen LogP contribution in [0, 0.1) is 0 Å². The number of fused-ring (bicyclic) bond motifs is 2. The fourth-order valence-electron chi connectivity index (χ4n) is 4.69. The van der Waals surface area contributed by atoms with Gasteiger partial charge in [-0.1, -0.05) is 12.1 Å². The molecule has 0 bridgehead atoms. The Morgan fingerprint density at radius 2 is 2.19 bits per heavy atom. The van der Waals surface area contributed by atoms with Gasteiger partial charge in [0.15, 0.2) is 0 Å². The second-order valence-corrected chi connectivity index (χ2v) is 9.15. The number of cyclic esters (lactones) is 1. The van der Waals surface area contributed by atoms with Gasteiger partial charge in [0, 0.05) is 32.1 Å². The summed E-state index contributed by atoms with van der Waals surface area (Å²) in [6, 6.07) is 10.1. The average Bonchev–Trinajstić information content (AvgIpc) is 3.46. The molecule has 32 heavy (non-hydrogen) atoms. The number of rotatable bonds is 6. The van der Waals surface area contributed by atoms with Crippen molar-refractivity contribution in [3.8, 4) is 16.9 Å². The Hall–Kier alpha value is -2.67. The largest absolute Gasteiger partial charge is 0.490 e. The zero-order valence-corrected chi connectivity index (χ0v) is 19.1. The van der Waals surface area contributed by atoms with Crippen LogP contribution < -0.4 is 4.74 Å². The third-order valence-electron chi connectivity index (χ3n) is 6.33. The maximum atomic E-state index is 12.3. The summed E-state index contributed by atoms with van der Waals surface area (Å²) in [5.74, 6) is 0.500. The second-order valence-electron chi connectivity index (χ2n) is 8.37. The van der Waals surface area contributed by atoms with Crippen LogP contribution in [0.2, 0.25) is 0 Å². The molecule has 3 heterocycles. The van der Waals surface area contributed by atoms with Gasteiger partial charge in [0.05, 0.1) is 17.3 Å². The van der Waals surface area contributed by atoms with Crippen LogP contribution in [-0.2, 0) is 20.8 Å². The first kappa shape index (κ1) is 21.2. The molecule has 2 aliphatic rings. The van der Waals surface area contributed by atoms with Crippen LogP contribution >= 0.6 is 11.3 Å². The molecule has 6 heteroatoms. The van der Waals surface area contributed by atoms with Crippen molar-refractivity contribution in [1.82, 2.24) is 0 Å². The van der Waals surface area contributed by atoms with Crippen LogP contribution in [0.15, 0.2) is 53.2 Å². The third-order valence-corrected chi connectivity index (χ3v) is 7.01. The van der Waals surface area contributed by atoms with E-state index in [-0.39, 0.29) is 17.7 Å². The number of carbonyl (C=O) groups excluding carboxylic acids is 1. The molecule has 2 aromatic carbocycles. The van der Waals surface area contributed by atoms with E-state index in [1.165, 1.54) is 0 Å². The fraction of sp³-hybridized carbons (Fsp3) is 0.346. The normalized spacial score (nSPS) is 22.9. The molecule has 5 nitrogen and oxygen atoms in total. The monoisotopic (exact) mass is 450 g/mol. The van der Waals surface area contributed by atoms with Gasteiger partial charge in [-0.15, -0.1) is 0 Å². The van der Waals surface area contributed by atoms with Crippen molar-refractivity contribution >= 4 is 28.1 Å². The second kappa shape index (κ2) is 8.70. The summed E-state index contributed by atoms with van der Waals surface area (Å²) >= 11 is 1.64. The molecular formula is C26H26O5S. The van der Waals surface area contributed by atoms with Gasteiger partial charge in [0.1, 0.15) is 19.0 Å². The molecule has 2 atom stereocenters. The third kappa shape index (κ3) is 3.94. The average molecular weight is 451 g/mol. The highest BCUT2D eigenvalue weighted by molar-refractivity contribution is 7.08. The molecule has 1 aromatic heterocycles. The number of esters is 1. The van der Waals surface area contributed by atoms with Gasteiger partial charge in [0.2, 0.25) is 0 Å². The zero-order chi connectivity index (χ0) is 22.1. The van der Waals surface area contributed by atoms with E-state index in [0.29, 0.717) is 25.4 Å². The first-order valence-corrected chi connectivity index (χ1v) is 11.8. The molecule has 0 saturated carbocycles. The summed E-state index contributed by atoms with van der Waals surface area (Å²) in [6.07, 6.45) is 5.98. The quantitative estimate of drug-likeness (QED) is 0.353. The minimum atomic E-state index is -0.291. The highest BCUT2D eigenvalue weighted by atomic mass is 32.1. The van der Waals surface area contributed by atoms with E-state index >= 15 is 0 Å². The lowest BCUT2D eigenvalue weighted by Crippen LogP contribution is -2.39. The minimum absolute atomic E-state index is 0.181. The van der Waals surface area contributed by atoms with Crippen LogP contribution in [0.25, 0.3) is 21.9 Å². The topological polar surface area (TPSA) is 54.0 Å². The number of benzene rings is 2. The molecule has 1 fully saturated rings. The van der Waals surface area contributed by atoms with Crippen molar-refractivity contribution in [2.75, 3.05) is 20.3 Å². The first-order chi connectivity index (χ1) is 15.6. The van der Waals surface area contributed by atoms with E-state index in [1.54, 1.807) is 18.4 Å². The standard InChI is InChI=1S/C26H26O5S/c1-17-14-26(28-2,8-10-29-17)7-3-9-30-20-4-5-21-19(12-20)13-22-23(15-31-25(22)27)24(21)18-6-11-32-16-18/h3-7,11-13,16-17H,8-10,14-15H2,1-2H3. The van der Waals surface area contributed by atoms with Crippen molar-refractivity contribution in [2.45, 2.75) is 38.1 Å². The molecule has 0 spiro atoms. The van der Waals surface area contributed by atoms with E-state index < -0.39 is 0 Å². The van der Waals surface area contributed by atoms with Gasteiger partial charge in [0.25, 0.3) is 0 Å². The lowest BCUT2D eigenvalue weighted by molar-refractivity contribution is -0.0909. The molecule has 2 unspecified atom stereocenters. The summed E-state index contributed by atoms with van der Waals surface area (Å²) in [5.41, 5.74) is 3.51. The molecule has 0 radical (unpaired) electrons. The highest BCUT2D eigenvalue weighted by Crippen LogP contribution is 2.40. The molecule has 5 rings (SSSR count). The van der Waals surface area contributed by atoms with Crippen LogP contribution in [0.4, 0.5) is 0 Å². The molecular weight excluding hydrogens is 424 g/mol. The molecule has 3 aromatic rings. The molecule has 0 amide bonds. The lowest BCUT2D eigenvalue weighted by Gasteiger charge is -2.36. The number of methoxy groups -OCH3 is 1. The fourth-order valence-corrected chi connectivity index (χ4v) is 5.34. The number of thiophene rings is 1. The Morgan fingerprint density at radius 3 is 2.97 bits per heavy atom. The van der Waals surface area contributed by atoms with Crippen LogP contribution in [-0.4, -0.2) is 38.0 Å². The summed E-state index contributed by atoms with van der Waals surface area (Å²) in [7, 11) is 1.75. The van der Waals surface area contributed by atoms with Crippen LogP contribution in [0.5, 0.6) is 5.75 Å². The summed E-state index contributed by atoms with van der Waals surface area (Å²) < 4.78 is 22.8. The van der Waals surface area contributed by atoms with Crippen LogP contribution in [0.3, 0.4) is 0 Å². The van der Waals surface area contributed by atoms with Gasteiger partial charge in [-0.3, -0.25) is 0 Å². The predicted molar refractivity (Wildman–Crippen MR) is 125 cm³/mol. The van der Waals surface area contributed by atoms with Gasteiger partial charge in [-0.05, 0) is 69.9 Å². The van der Waals surface area contributed by atoms with Gasteiger partial charge < -0.3 is 18.9 Å².